The van der Waals surface area contributed by atoms with Crippen LogP contribution >= 0.6 is 0 Å². The maximum absolute atomic E-state index is 13.8. The molecule has 1 aromatic carbocycles. The number of hydrogen-bond donors (Lipinski definition) is 1. The van der Waals surface area contributed by atoms with Gasteiger partial charge in [-0.05, 0) is 37.1 Å². The molecule has 1 aromatic heterocycles. The first-order valence-electron chi connectivity index (χ1n) is 5.66. The fourth-order valence-corrected chi connectivity index (χ4v) is 1.68. The number of aldehydes is 1. The Morgan fingerprint density at radius 1 is 1.21 bits per heavy atom. The van der Waals surface area contributed by atoms with Crippen LogP contribution in [-0.2, 0) is 0 Å². The second-order valence-corrected chi connectivity index (χ2v) is 4.20. The largest absolute Gasteiger partial charge is 0.351 e. The minimum atomic E-state index is -1.08. The van der Waals surface area contributed by atoms with E-state index in [4.69, 9.17) is 0 Å². The van der Waals surface area contributed by atoms with Crippen LogP contribution in [0.1, 0.15) is 21.5 Å². The molecule has 98 valence electrons. The van der Waals surface area contributed by atoms with Gasteiger partial charge in [0.05, 0.1) is 17.6 Å². The summed E-state index contributed by atoms with van der Waals surface area (Å²) < 4.78 is 27.0. The summed E-state index contributed by atoms with van der Waals surface area (Å²) in [5.74, 6) is -2.09. The van der Waals surface area contributed by atoms with Crippen molar-refractivity contribution in [2.24, 2.45) is 0 Å². The Labute approximate surface area is 109 Å². The van der Waals surface area contributed by atoms with E-state index in [1.54, 1.807) is 6.20 Å². The van der Waals surface area contributed by atoms with Crippen molar-refractivity contribution in [1.29, 1.82) is 0 Å². The SMILES string of the molecule is Cc1cncc(Nc2c(C=O)ccc(F)c2F)c1C. The van der Waals surface area contributed by atoms with Crippen molar-refractivity contribution < 1.29 is 13.6 Å². The van der Waals surface area contributed by atoms with E-state index in [-0.39, 0.29) is 11.3 Å². The number of nitrogens with one attached hydrogen (secondary N) is 1. The molecule has 19 heavy (non-hydrogen) atoms. The molecular formula is C14H12F2N2O. The van der Waals surface area contributed by atoms with Gasteiger partial charge in [-0.15, -0.1) is 0 Å². The van der Waals surface area contributed by atoms with Crippen LogP contribution in [0.5, 0.6) is 0 Å². The van der Waals surface area contributed by atoms with Crippen LogP contribution in [-0.4, -0.2) is 11.3 Å². The Hall–Kier alpha value is -2.30. The zero-order chi connectivity index (χ0) is 14.0. The van der Waals surface area contributed by atoms with Gasteiger partial charge in [0, 0.05) is 11.8 Å². The van der Waals surface area contributed by atoms with Crippen LogP contribution in [0.3, 0.4) is 0 Å². The second kappa shape index (κ2) is 5.14. The molecule has 2 aromatic rings. The monoisotopic (exact) mass is 262 g/mol. The molecule has 0 spiro atoms. The van der Waals surface area contributed by atoms with Gasteiger partial charge in [-0.3, -0.25) is 9.78 Å². The van der Waals surface area contributed by atoms with Gasteiger partial charge < -0.3 is 5.32 Å². The highest BCUT2D eigenvalue weighted by Crippen LogP contribution is 2.27. The predicted molar refractivity (Wildman–Crippen MR) is 68.7 cm³/mol. The molecule has 0 amide bonds. The average Bonchev–Trinajstić information content (AvgIpc) is 2.40. The van der Waals surface area contributed by atoms with E-state index in [0.717, 1.165) is 17.2 Å². The van der Waals surface area contributed by atoms with Gasteiger partial charge in [0.1, 0.15) is 0 Å². The number of carbonyl (C=O) groups excluding carboxylic acids is 1. The van der Waals surface area contributed by atoms with Crippen LogP contribution in [0.15, 0.2) is 24.5 Å². The van der Waals surface area contributed by atoms with E-state index in [0.29, 0.717) is 12.0 Å². The summed E-state index contributed by atoms with van der Waals surface area (Å²) in [6.45, 7) is 3.69. The number of rotatable bonds is 3. The molecule has 0 aliphatic carbocycles. The number of anilines is 2. The summed E-state index contributed by atoms with van der Waals surface area (Å²) in [6, 6.07) is 2.15. The predicted octanol–water partition coefficient (Wildman–Crippen LogP) is 3.53. The highest BCUT2D eigenvalue weighted by Gasteiger charge is 2.14. The molecule has 1 N–H and O–H groups in total. The molecule has 0 aliphatic heterocycles. The van der Waals surface area contributed by atoms with Crippen LogP contribution in [0.4, 0.5) is 20.2 Å². The number of nitrogens with zero attached hydrogens (tertiary/aromatic N) is 1. The summed E-state index contributed by atoms with van der Waals surface area (Å²) in [5.41, 5.74) is 2.18. The van der Waals surface area contributed by atoms with Crippen LogP contribution in [0.2, 0.25) is 0 Å². The molecule has 0 radical (unpaired) electrons. The average molecular weight is 262 g/mol. The Morgan fingerprint density at radius 3 is 2.63 bits per heavy atom. The van der Waals surface area contributed by atoms with Crippen molar-refractivity contribution in [3.8, 4) is 0 Å². The lowest BCUT2D eigenvalue weighted by molar-refractivity contribution is 0.112. The van der Waals surface area contributed by atoms with E-state index in [1.165, 1.54) is 12.3 Å². The highest BCUT2D eigenvalue weighted by molar-refractivity contribution is 5.86. The molecule has 0 saturated heterocycles. The Bertz CT molecular complexity index is 642. The summed E-state index contributed by atoms with van der Waals surface area (Å²) >= 11 is 0. The van der Waals surface area contributed by atoms with Gasteiger partial charge in [-0.25, -0.2) is 8.78 Å². The molecule has 0 atom stereocenters. The molecule has 0 bridgehead atoms. The van der Waals surface area contributed by atoms with Gasteiger partial charge in [0.25, 0.3) is 0 Å². The number of aryl methyl sites for hydroxylation is 1. The number of halogens is 2. The molecule has 1 heterocycles. The van der Waals surface area contributed by atoms with Crippen LogP contribution < -0.4 is 5.32 Å². The lowest BCUT2D eigenvalue weighted by Gasteiger charge is -2.13. The van der Waals surface area contributed by atoms with E-state index in [2.05, 4.69) is 10.3 Å². The normalized spacial score (nSPS) is 10.3. The van der Waals surface area contributed by atoms with Crippen molar-refractivity contribution in [3.05, 3.63) is 52.9 Å². The fraction of sp³-hybridized carbons (Fsp3) is 0.143. The standard InChI is InChI=1S/C14H12F2N2O/c1-8-5-17-6-12(9(8)2)18-14-10(7-19)3-4-11(15)13(14)16/h3-7,18H,1-2H3. The van der Waals surface area contributed by atoms with Gasteiger partial charge in [-0.1, -0.05) is 0 Å². The van der Waals surface area contributed by atoms with Crippen molar-refractivity contribution in [2.45, 2.75) is 13.8 Å². The number of hydrogen-bond acceptors (Lipinski definition) is 3. The van der Waals surface area contributed by atoms with E-state index < -0.39 is 11.6 Å². The molecule has 0 aliphatic rings. The third kappa shape index (κ3) is 2.45. The smallest absolute Gasteiger partial charge is 0.182 e. The Kier molecular flexibility index (Phi) is 3.55. The summed E-state index contributed by atoms with van der Waals surface area (Å²) in [7, 11) is 0. The second-order valence-electron chi connectivity index (χ2n) is 4.20. The third-order valence-corrected chi connectivity index (χ3v) is 2.98. The quantitative estimate of drug-likeness (QED) is 0.860. The fourth-order valence-electron chi connectivity index (χ4n) is 1.68. The van der Waals surface area contributed by atoms with Gasteiger partial charge in [-0.2, -0.15) is 0 Å². The first-order valence-corrected chi connectivity index (χ1v) is 5.66. The maximum Gasteiger partial charge on any atom is 0.182 e. The minimum absolute atomic E-state index is 0.0554. The number of aromatic nitrogens is 1. The highest BCUT2D eigenvalue weighted by atomic mass is 19.2. The molecule has 0 fully saturated rings. The molecular weight excluding hydrogens is 250 g/mol. The summed E-state index contributed by atoms with van der Waals surface area (Å²) in [5, 5.41) is 2.73. The zero-order valence-corrected chi connectivity index (χ0v) is 10.5. The summed E-state index contributed by atoms with van der Waals surface area (Å²) in [6.07, 6.45) is 3.65. The molecule has 2 rings (SSSR count). The van der Waals surface area contributed by atoms with Gasteiger partial charge >= 0.3 is 0 Å². The van der Waals surface area contributed by atoms with Gasteiger partial charge in [0.15, 0.2) is 17.9 Å². The van der Waals surface area contributed by atoms with E-state index >= 15 is 0 Å². The Morgan fingerprint density at radius 2 is 1.95 bits per heavy atom. The first-order chi connectivity index (χ1) is 9.04. The number of benzene rings is 1. The molecule has 0 unspecified atom stereocenters. The summed E-state index contributed by atoms with van der Waals surface area (Å²) in [4.78, 5) is 14.9. The molecule has 0 saturated carbocycles. The van der Waals surface area contributed by atoms with Crippen LogP contribution in [0.25, 0.3) is 0 Å². The zero-order valence-electron chi connectivity index (χ0n) is 10.5. The van der Waals surface area contributed by atoms with E-state index in [9.17, 15) is 13.6 Å². The minimum Gasteiger partial charge on any atom is -0.351 e. The van der Waals surface area contributed by atoms with Crippen molar-refractivity contribution in [2.75, 3.05) is 5.32 Å². The number of carbonyl (C=O) groups is 1. The Balaban J connectivity index is 2.51. The van der Waals surface area contributed by atoms with Crippen molar-refractivity contribution in [3.63, 3.8) is 0 Å². The van der Waals surface area contributed by atoms with E-state index in [1.807, 2.05) is 13.8 Å². The van der Waals surface area contributed by atoms with Gasteiger partial charge in [0.2, 0.25) is 0 Å². The van der Waals surface area contributed by atoms with Crippen molar-refractivity contribution >= 4 is 17.7 Å². The topological polar surface area (TPSA) is 42.0 Å². The third-order valence-electron chi connectivity index (χ3n) is 2.98. The molecule has 5 heteroatoms. The molecule has 3 nitrogen and oxygen atoms in total. The van der Waals surface area contributed by atoms with Crippen LogP contribution in [0, 0.1) is 25.5 Å². The maximum atomic E-state index is 13.8. The lowest BCUT2D eigenvalue weighted by Crippen LogP contribution is -2.03. The number of pyridine rings is 1. The van der Waals surface area contributed by atoms with Crippen molar-refractivity contribution in [1.82, 2.24) is 4.98 Å². The lowest BCUT2D eigenvalue weighted by atomic mass is 10.1. The first kappa shape index (κ1) is 13.1.